The minimum Gasteiger partial charge on any atom is -0.397 e. The van der Waals surface area contributed by atoms with Gasteiger partial charge >= 0.3 is 0 Å². The highest BCUT2D eigenvalue weighted by Gasteiger charge is 2.02. The second-order valence-electron chi connectivity index (χ2n) is 3.20. The molecule has 0 atom stereocenters. The van der Waals surface area contributed by atoms with Crippen LogP contribution in [0.1, 0.15) is 5.69 Å². The predicted octanol–water partition coefficient (Wildman–Crippen LogP) is 1.69. The van der Waals surface area contributed by atoms with Crippen LogP contribution in [0.25, 0.3) is 0 Å². The van der Waals surface area contributed by atoms with E-state index in [2.05, 4.69) is 9.97 Å². The van der Waals surface area contributed by atoms with Gasteiger partial charge in [0.25, 0.3) is 0 Å². The third kappa shape index (κ3) is 2.30. The molecule has 0 fully saturated rings. The molecule has 2 N–H and O–H groups in total. The lowest BCUT2D eigenvalue weighted by Gasteiger charge is -2.04. The summed E-state index contributed by atoms with van der Waals surface area (Å²) < 4.78 is 2.00. The van der Waals surface area contributed by atoms with Crippen LogP contribution in [0, 0.1) is 0 Å². The van der Waals surface area contributed by atoms with E-state index in [0.29, 0.717) is 0 Å². The Morgan fingerprint density at radius 2 is 2.27 bits per heavy atom. The van der Waals surface area contributed by atoms with Crippen molar-refractivity contribution >= 4 is 17.4 Å². The molecule has 0 saturated carbocycles. The second-order valence-corrected chi connectivity index (χ2v) is 4.22. The van der Waals surface area contributed by atoms with Crippen molar-refractivity contribution in [1.82, 2.24) is 14.5 Å². The Balaban J connectivity index is 2.06. The minimum atomic E-state index is 0.727. The van der Waals surface area contributed by atoms with E-state index in [0.717, 1.165) is 16.3 Å². The van der Waals surface area contributed by atoms with Gasteiger partial charge in [-0.1, -0.05) is 0 Å². The molecule has 15 heavy (non-hydrogen) atoms. The quantitative estimate of drug-likeness (QED) is 0.800. The molecule has 0 aromatic carbocycles. The first kappa shape index (κ1) is 10.0. The van der Waals surface area contributed by atoms with Crippen LogP contribution in [-0.2, 0) is 12.8 Å². The third-order valence-corrected chi connectivity index (χ3v) is 3.23. The highest BCUT2D eigenvalue weighted by atomic mass is 32.2. The lowest BCUT2D eigenvalue weighted by Crippen LogP contribution is -1.93. The maximum absolute atomic E-state index is 5.79. The molecule has 0 aliphatic heterocycles. The summed E-state index contributed by atoms with van der Waals surface area (Å²) in [5.41, 5.74) is 7.70. The van der Waals surface area contributed by atoms with Crippen LogP contribution >= 0.6 is 11.8 Å². The number of pyridine rings is 1. The van der Waals surface area contributed by atoms with Crippen molar-refractivity contribution in [2.24, 2.45) is 7.05 Å². The van der Waals surface area contributed by atoms with Gasteiger partial charge in [-0.05, 0) is 6.07 Å². The summed E-state index contributed by atoms with van der Waals surface area (Å²) in [5, 5.41) is 0. The van der Waals surface area contributed by atoms with Gasteiger partial charge in [-0.25, -0.2) is 4.98 Å². The van der Waals surface area contributed by atoms with Crippen molar-refractivity contribution in [3.05, 3.63) is 36.7 Å². The van der Waals surface area contributed by atoms with Gasteiger partial charge in [0.05, 0.1) is 18.2 Å². The van der Waals surface area contributed by atoms with E-state index < -0.39 is 0 Å². The molecule has 5 heteroatoms. The first-order valence-electron chi connectivity index (χ1n) is 4.55. The zero-order valence-corrected chi connectivity index (χ0v) is 9.24. The van der Waals surface area contributed by atoms with Crippen molar-refractivity contribution in [3.63, 3.8) is 0 Å². The molecule has 0 aliphatic carbocycles. The molecule has 4 nitrogen and oxygen atoms in total. The van der Waals surface area contributed by atoms with E-state index in [-0.39, 0.29) is 0 Å². The Morgan fingerprint density at radius 3 is 2.93 bits per heavy atom. The van der Waals surface area contributed by atoms with Crippen molar-refractivity contribution < 1.29 is 0 Å². The molecule has 2 aromatic rings. The zero-order chi connectivity index (χ0) is 10.7. The molecule has 0 unspecified atom stereocenters. The molecule has 0 saturated heterocycles. The van der Waals surface area contributed by atoms with Crippen LogP contribution in [0.3, 0.4) is 0 Å². The molecule has 0 bridgehead atoms. The lowest BCUT2D eigenvalue weighted by atomic mass is 10.4. The molecular formula is C10H12N4S. The number of nitrogens with two attached hydrogens (primary N) is 1. The Kier molecular flexibility index (Phi) is 2.91. The van der Waals surface area contributed by atoms with Crippen LogP contribution in [0.4, 0.5) is 5.69 Å². The summed E-state index contributed by atoms with van der Waals surface area (Å²) >= 11 is 1.69. The summed E-state index contributed by atoms with van der Waals surface area (Å²) in [4.78, 5) is 9.08. The SMILES string of the molecule is Cn1cncc1CSc1ccncc1N. The van der Waals surface area contributed by atoms with Gasteiger partial charge in [0, 0.05) is 35.8 Å². The zero-order valence-electron chi connectivity index (χ0n) is 8.42. The van der Waals surface area contributed by atoms with E-state index in [9.17, 15) is 0 Å². The van der Waals surface area contributed by atoms with Gasteiger partial charge in [0.2, 0.25) is 0 Å². The maximum Gasteiger partial charge on any atom is 0.0945 e. The van der Waals surface area contributed by atoms with Gasteiger partial charge in [-0.3, -0.25) is 4.98 Å². The molecule has 0 amide bonds. The van der Waals surface area contributed by atoms with E-state index in [1.807, 2.05) is 23.9 Å². The predicted molar refractivity (Wildman–Crippen MR) is 61.4 cm³/mol. The Morgan fingerprint density at radius 1 is 1.40 bits per heavy atom. The van der Waals surface area contributed by atoms with Gasteiger partial charge in [-0.2, -0.15) is 0 Å². The van der Waals surface area contributed by atoms with Gasteiger partial charge in [0.1, 0.15) is 0 Å². The molecule has 2 aromatic heterocycles. The fraction of sp³-hybridized carbons (Fsp3) is 0.200. The lowest BCUT2D eigenvalue weighted by molar-refractivity contribution is 0.867. The van der Waals surface area contributed by atoms with Crippen molar-refractivity contribution in [2.45, 2.75) is 10.6 Å². The smallest absolute Gasteiger partial charge is 0.0945 e. The fourth-order valence-corrected chi connectivity index (χ4v) is 2.16. The Labute approximate surface area is 92.5 Å². The summed E-state index contributed by atoms with van der Waals surface area (Å²) in [6, 6.07) is 1.93. The molecule has 0 radical (unpaired) electrons. The van der Waals surface area contributed by atoms with Crippen LogP contribution in [0.2, 0.25) is 0 Å². The molecule has 2 rings (SSSR count). The van der Waals surface area contributed by atoms with Crippen LogP contribution < -0.4 is 5.73 Å². The number of hydrogen-bond donors (Lipinski definition) is 1. The van der Waals surface area contributed by atoms with E-state index >= 15 is 0 Å². The Bertz CT molecular complexity index is 452. The topological polar surface area (TPSA) is 56.7 Å². The number of anilines is 1. The molecule has 0 spiro atoms. The minimum absolute atomic E-state index is 0.727. The summed E-state index contributed by atoms with van der Waals surface area (Å²) in [6.45, 7) is 0. The van der Waals surface area contributed by atoms with Crippen LogP contribution in [-0.4, -0.2) is 14.5 Å². The van der Waals surface area contributed by atoms with Crippen LogP contribution in [0.5, 0.6) is 0 Å². The largest absolute Gasteiger partial charge is 0.397 e. The van der Waals surface area contributed by atoms with Crippen molar-refractivity contribution in [2.75, 3.05) is 5.73 Å². The highest BCUT2D eigenvalue weighted by molar-refractivity contribution is 7.98. The average molecular weight is 220 g/mol. The average Bonchev–Trinajstić information content (AvgIpc) is 2.63. The maximum atomic E-state index is 5.79. The van der Waals surface area contributed by atoms with Crippen LogP contribution in [0.15, 0.2) is 35.9 Å². The van der Waals surface area contributed by atoms with Crippen molar-refractivity contribution in [3.8, 4) is 0 Å². The number of imidazole rings is 1. The van der Waals surface area contributed by atoms with Crippen molar-refractivity contribution in [1.29, 1.82) is 0 Å². The number of nitrogens with zero attached hydrogens (tertiary/aromatic N) is 3. The number of aromatic nitrogens is 3. The molecule has 0 aliphatic rings. The molecule has 78 valence electrons. The van der Waals surface area contributed by atoms with E-state index in [4.69, 9.17) is 5.73 Å². The number of thioether (sulfide) groups is 1. The molecular weight excluding hydrogens is 208 g/mol. The third-order valence-electron chi connectivity index (χ3n) is 2.10. The standard InChI is InChI=1S/C10H12N4S/c1-14-7-13-4-8(14)6-15-10-2-3-12-5-9(10)11/h2-5,7H,6,11H2,1H3. The van der Waals surface area contributed by atoms with Gasteiger partial charge in [0.15, 0.2) is 0 Å². The monoisotopic (exact) mass is 220 g/mol. The highest BCUT2D eigenvalue weighted by Crippen LogP contribution is 2.26. The first-order valence-corrected chi connectivity index (χ1v) is 5.53. The normalized spacial score (nSPS) is 10.5. The van der Waals surface area contributed by atoms with Gasteiger partial charge in [-0.15, -0.1) is 11.8 Å². The second kappa shape index (κ2) is 4.35. The summed E-state index contributed by atoms with van der Waals surface area (Å²) in [5.74, 6) is 0.866. The Hall–Kier alpha value is -1.49. The number of aryl methyl sites for hydroxylation is 1. The van der Waals surface area contributed by atoms with E-state index in [1.54, 1.807) is 30.5 Å². The number of rotatable bonds is 3. The summed E-state index contributed by atoms with van der Waals surface area (Å²) in [6.07, 6.45) is 7.09. The van der Waals surface area contributed by atoms with E-state index in [1.165, 1.54) is 5.69 Å². The fourth-order valence-electron chi connectivity index (χ4n) is 1.20. The first-order chi connectivity index (χ1) is 7.27. The number of hydrogen-bond acceptors (Lipinski definition) is 4. The molecule has 2 heterocycles. The van der Waals surface area contributed by atoms with Gasteiger partial charge < -0.3 is 10.3 Å². The summed E-state index contributed by atoms with van der Waals surface area (Å²) in [7, 11) is 1.98. The number of nitrogen functional groups attached to an aromatic ring is 1.